The average molecular weight is 256 g/mol. The molecule has 2 atom stereocenters. The molecule has 1 saturated heterocycles. The van der Waals surface area contributed by atoms with Crippen molar-refractivity contribution in [3.8, 4) is 0 Å². The molecule has 2 heterocycles. The molecule has 0 amide bonds. The van der Waals surface area contributed by atoms with E-state index in [1.54, 1.807) is 0 Å². The lowest BCUT2D eigenvalue weighted by molar-refractivity contribution is 0.101. The number of nitrogens with zero attached hydrogens (tertiary/aromatic N) is 1. The Bertz CT molecular complexity index is 549. The number of pyridine rings is 1. The van der Waals surface area contributed by atoms with Gasteiger partial charge in [-0.2, -0.15) is 0 Å². The second-order valence-corrected chi connectivity index (χ2v) is 5.25. The van der Waals surface area contributed by atoms with Gasteiger partial charge in [0, 0.05) is 18.0 Å². The van der Waals surface area contributed by atoms with E-state index >= 15 is 0 Å². The summed E-state index contributed by atoms with van der Waals surface area (Å²) < 4.78 is 5.63. The molecule has 3 rings (SSSR count). The molecule has 3 heteroatoms. The van der Waals surface area contributed by atoms with E-state index in [2.05, 4.69) is 17.1 Å². The summed E-state index contributed by atoms with van der Waals surface area (Å²) >= 11 is 0. The third-order valence-corrected chi connectivity index (χ3v) is 3.82. The molecule has 19 heavy (non-hydrogen) atoms. The first-order valence-electron chi connectivity index (χ1n) is 7.06. The van der Waals surface area contributed by atoms with Crippen LogP contribution in [0.3, 0.4) is 0 Å². The van der Waals surface area contributed by atoms with Crippen LogP contribution < -0.4 is 5.73 Å². The number of hydrogen-bond acceptors (Lipinski definition) is 3. The van der Waals surface area contributed by atoms with E-state index in [0.717, 1.165) is 36.0 Å². The zero-order chi connectivity index (χ0) is 13.1. The topological polar surface area (TPSA) is 48.1 Å². The van der Waals surface area contributed by atoms with Gasteiger partial charge in [0.15, 0.2) is 0 Å². The van der Waals surface area contributed by atoms with Crippen LogP contribution in [0, 0.1) is 0 Å². The lowest BCUT2D eigenvalue weighted by Crippen LogP contribution is -2.15. The number of benzene rings is 1. The van der Waals surface area contributed by atoms with Gasteiger partial charge < -0.3 is 10.5 Å². The van der Waals surface area contributed by atoms with E-state index in [4.69, 9.17) is 10.5 Å². The molecular formula is C16H20N2O. The Labute approximate surface area is 113 Å². The Hall–Kier alpha value is -1.45. The fourth-order valence-electron chi connectivity index (χ4n) is 2.67. The number of aromatic nitrogens is 1. The van der Waals surface area contributed by atoms with Crippen molar-refractivity contribution < 1.29 is 4.74 Å². The maximum Gasteiger partial charge on any atom is 0.0706 e. The van der Waals surface area contributed by atoms with E-state index in [-0.39, 0.29) is 6.04 Å². The van der Waals surface area contributed by atoms with Gasteiger partial charge in [0.1, 0.15) is 0 Å². The zero-order valence-electron chi connectivity index (χ0n) is 11.1. The van der Waals surface area contributed by atoms with Crippen molar-refractivity contribution in [1.29, 1.82) is 0 Å². The van der Waals surface area contributed by atoms with Crippen LogP contribution in [0.25, 0.3) is 10.9 Å². The molecule has 100 valence electrons. The van der Waals surface area contributed by atoms with Crippen LogP contribution in [0.4, 0.5) is 0 Å². The zero-order valence-corrected chi connectivity index (χ0v) is 11.1. The van der Waals surface area contributed by atoms with Gasteiger partial charge in [-0.3, -0.25) is 4.98 Å². The summed E-state index contributed by atoms with van der Waals surface area (Å²) in [5.74, 6) is 0. The number of hydrogen-bond donors (Lipinski definition) is 1. The van der Waals surface area contributed by atoms with Crippen molar-refractivity contribution in [1.82, 2.24) is 4.98 Å². The fourth-order valence-corrected chi connectivity index (χ4v) is 2.67. The monoisotopic (exact) mass is 256 g/mol. The molecule has 0 saturated carbocycles. The smallest absolute Gasteiger partial charge is 0.0706 e. The quantitative estimate of drug-likeness (QED) is 0.913. The second kappa shape index (κ2) is 5.68. The standard InChI is InChI=1S/C16H20N2O/c17-14(9-8-13-5-3-11-19-13)16-10-7-12-4-1-2-6-15(12)18-16/h1-2,4,6-7,10,13-14H,3,5,8-9,11,17H2. The van der Waals surface area contributed by atoms with Crippen LogP contribution in [0.2, 0.25) is 0 Å². The van der Waals surface area contributed by atoms with E-state index in [0.29, 0.717) is 6.10 Å². The summed E-state index contributed by atoms with van der Waals surface area (Å²) in [6, 6.07) is 12.3. The molecule has 1 fully saturated rings. The van der Waals surface area contributed by atoms with E-state index in [1.807, 2.05) is 24.3 Å². The summed E-state index contributed by atoms with van der Waals surface area (Å²) in [7, 11) is 0. The third kappa shape index (κ3) is 2.94. The Morgan fingerprint density at radius 3 is 3.00 bits per heavy atom. The van der Waals surface area contributed by atoms with Crippen LogP contribution in [-0.2, 0) is 4.74 Å². The highest BCUT2D eigenvalue weighted by atomic mass is 16.5. The molecule has 1 aromatic heterocycles. The first-order valence-corrected chi connectivity index (χ1v) is 7.06. The average Bonchev–Trinajstić information content (AvgIpc) is 2.97. The van der Waals surface area contributed by atoms with Gasteiger partial charge in [-0.25, -0.2) is 0 Å². The van der Waals surface area contributed by atoms with Crippen molar-refractivity contribution >= 4 is 10.9 Å². The lowest BCUT2D eigenvalue weighted by atomic mass is 10.0. The van der Waals surface area contributed by atoms with Crippen LogP contribution >= 0.6 is 0 Å². The van der Waals surface area contributed by atoms with Gasteiger partial charge >= 0.3 is 0 Å². The van der Waals surface area contributed by atoms with Crippen molar-refractivity contribution in [2.75, 3.05) is 6.61 Å². The van der Waals surface area contributed by atoms with Gasteiger partial charge in [-0.05, 0) is 37.8 Å². The molecule has 1 aromatic carbocycles. The summed E-state index contributed by atoms with van der Waals surface area (Å²) in [6.07, 6.45) is 4.75. The second-order valence-electron chi connectivity index (χ2n) is 5.25. The minimum Gasteiger partial charge on any atom is -0.378 e. The molecule has 3 nitrogen and oxygen atoms in total. The van der Waals surface area contributed by atoms with E-state index in [1.165, 1.54) is 12.8 Å². The molecule has 1 aliphatic rings. The number of nitrogens with two attached hydrogens (primary N) is 1. The third-order valence-electron chi connectivity index (χ3n) is 3.82. The highest BCUT2D eigenvalue weighted by molar-refractivity contribution is 5.78. The molecule has 2 aromatic rings. The molecule has 2 unspecified atom stereocenters. The van der Waals surface area contributed by atoms with Gasteiger partial charge in [0.25, 0.3) is 0 Å². The van der Waals surface area contributed by atoms with Crippen LogP contribution in [-0.4, -0.2) is 17.7 Å². The molecule has 0 bridgehead atoms. The Balaban J connectivity index is 1.68. The molecule has 0 spiro atoms. The van der Waals surface area contributed by atoms with Crippen molar-refractivity contribution in [2.45, 2.75) is 37.8 Å². The fraction of sp³-hybridized carbons (Fsp3) is 0.438. The molecule has 2 N–H and O–H groups in total. The summed E-state index contributed by atoms with van der Waals surface area (Å²) in [5, 5.41) is 1.16. The van der Waals surface area contributed by atoms with Gasteiger partial charge in [-0.1, -0.05) is 24.3 Å². The van der Waals surface area contributed by atoms with Crippen molar-refractivity contribution in [2.24, 2.45) is 5.73 Å². The van der Waals surface area contributed by atoms with Crippen LogP contribution in [0.5, 0.6) is 0 Å². The normalized spacial score (nSPS) is 20.8. The Morgan fingerprint density at radius 2 is 2.16 bits per heavy atom. The number of ether oxygens (including phenoxy) is 1. The lowest BCUT2D eigenvalue weighted by Gasteiger charge is -2.14. The number of para-hydroxylation sites is 1. The molecule has 0 aliphatic carbocycles. The minimum absolute atomic E-state index is 0.00815. The maximum atomic E-state index is 6.25. The summed E-state index contributed by atoms with van der Waals surface area (Å²) in [4.78, 5) is 4.65. The number of rotatable bonds is 4. The van der Waals surface area contributed by atoms with E-state index < -0.39 is 0 Å². The molecule has 1 aliphatic heterocycles. The van der Waals surface area contributed by atoms with Crippen molar-refractivity contribution in [3.63, 3.8) is 0 Å². The van der Waals surface area contributed by atoms with Crippen LogP contribution in [0.15, 0.2) is 36.4 Å². The highest BCUT2D eigenvalue weighted by Gasteiger charge is 2.17. The predicted octanol–water partition coefficient (Wildman–Crippen LogP) is 3.19. The number of fused-ring (bicyclic) bond motifs is 1. The largest absolute Gasteiger partial charge is 0.378 e. The molecular weight excluding hydrogens is 236 g/mol. The van der Waals surface area contributed by atoms with Crippen LogP contribution in [0.1, 0.15) is 37.4 Å². The first-order chi connectivity index (χ1) is 9.33. The van der Waals surface area contributed by atoms with E-state index in [9.17, 15) is 0 Å². The minimum atomic E-state index is 0.00815. The predicted molar refractivity (Wildman–Crippen MR) is 76.9 cm³/mol. The Morgan fingerprint density at radius 1 is 1.26 bits per heavy atom. The summed E-state index contributed by atoms with van der Waals surface area (Å²) in [6.45, 7) is 0.911. The first kappa shape index (κ1) is 12.6. The van der Waals surface area contributed by atoms with Gasteiger partial charge in [-0.15, -0.1) is 0 Å². The van der Waals surface area contributed by atoms with Gasteiger partial charge in [0.2, 0.25) is 0 Å². The van der Waals surface area contributed by atoms with Gasteiger partial charge in [0.05, 0.1) is 17.3 Å². The SMILES string of the molecule is NC(CCC1CCCO1)c1ccc2ccccc2n1. The maximum absolute atomic E-state index is 6.25. The Kier molecular flexibility index (Phi) is 3.76. The highest BCUT2D eigenvalue weighted by Crippen LogP contribution is 2.23. The summed E-state index contributed by atoms with van der Waals surface area (Å²) in [5.41, 5.74) is 8.25. The van der Waals surface area contributed by atoms with Crippen molar-refractivity contribution in [3.05, 3.63) is 42.1 Å². The molecule has 0 radical (unpaired) electrons.